The molecule has 1 atom stereocenters. The van der Waals surface area contributed by atoms with Crippen molar-refractivity contribution in [3.05, 3.63) is 28.8 Å². The molecular formula is C15H25NO2. The third-order valence-electron chi connectivity index (χ3n) is 3.35. The third kappa shape index (κ3) is 4.00. The van der Waals surface area contributed by atoms with E-state index in [1.807, 2.05) is 6.92 Å². The normalized spacial score (nSPS) is 12.5. The van der Waals surface area contributed by atoms with Gasteiger partial charge in [0, 0.05) is 6.61 Å². The molecule has 0 aliphatic carbocycles. The molecule has 102 valence electrons. The Hall–Kier alpha value is -1.06. The minimum Gasteiger partial charge on any atom is -0.494 e. The van der Waals surface area contributed by atoms with E-state index in [0.717, 1.165) is 18.6 Å². The highest BCUT2D eigenvalue weighted by Gasteiger charge is 2.09. The molecule has 0 aromatic heterocycles. The van der Waals surface area contributed by atoms with Gasteiger partial charge in [-0.25, -0.2) is 0 Å². The topological polar surface area (TPSA) is 55.5 Å². The average Bonchev–Trinajstić information content (AvgIpc) is 2.36. The molecular weight excluding hydrogens is 226 g/mol. The first-order chi connectivity index (χ1) is 8.62. The van der Waals surface area contributed by atoms with Crippen LogP contribution in [0.25, 0.3) is 0 Å². The molecule has 3 nitrogen and oxygen atoms in total. The summed E-state index contributed by atoms with van der Waals surface area (Å²) in [5, 5.41) is 9.14. The SMILES string of the molecule is CCOc1cc(C)c(CCC(CN)CO)cc1C. The summed E-state index contributed by atoms with van der Waals surface area (Å²) in [6.07, 6.45) is 1.89. The molecule has 0 amide bonds. The van der Waals surface area contributed by atoms with Crippen LogP contribution in [0.15, 0.2) is 12.1 Å². The van der Waals surface area contributed by atoms with E-state index in [4.69, 9.17) is 15.6 Å². The van der Waals surface area contributed by atoms with Crippen LogP contribution < -0.4 is 10.5 Å². The Labute approximate surface area is 110 Å². The fourth-order valence-corrected chi connectivity index (χ4v) is 2.07. The maximum absolute atomic E-state index is 9.14. The van der Waals surface area contributed by atoms with Gasteiger partial charge >= 0.3 is 0 Å². The zero-order valence-electron chi connectivity index (χ0n) is 11.7. The summed E-state index contributed by atoms with van der Waals surface area (Å²) in [6, 6.07) is 4.29. The lowest BCUT2D eigenvalue weighted by Crippen LogP contribution is -2.18. The van der Waals surface area contributed by atoms with Gasteiger partial charge in [0.25, 0.3) is 0 Å². The minimum atomic E-state index is 0.172. The molecule has 0 aliphatic rings. The lowest BCUT2D eigenvalue weighted by Gasteiger charge is -2.15. The van der Waals surface area contributed by atoms with Crippen LogP contribution in [0.5, 0.6) is 5.75 Å². The maximum Gasteiger partial charge on any atom is 0.122 e. The van der Waals surface area contributed by atoms with Gasteiger partial charge in [0.15, 0.2) is 0 Å². The number of benzene rings is 1. The first-order valence-electron chi connectivity index (χ1n) is 6.66. The second-order valence-electron chi connectivity index (χ2n) is 4.80. The zero-order valence-corrected chi connectivity index (χ0v) is 11.7. The number of rotatable bonds is 7. The second kappa shape index (κ2) is 7.39. The van der Waals surface area contributed by atoms with E-state index in [1.165, 1.54) is 16.7 Å². The number of aryl methyl sites for hydroxylation is 3. The quantitative estimate of drug-likeness (QED) is 0.781. The standard InChI is InChI=1S/C15H25NO2/c1-4-18-15-8-11(2)14(7-12(15)3)6-5-13(9-16)10-17/h7-8,13,17H,4-6,9-10,16H2,1-3H3. The van der Waals surface area contributed by atoms with Crippen LogP contribution >= 0.6 is 0 Å². The molecule has 1 aromatic carbocycles. The van der Waals surface area contributed by atoms with Crippen molar-refractivity contribution in [2.24, 2.45) is 11.7 Å². The third-order valence-corrected chi connectivity index (χ3v) is 3.35. The van der Waals surface area contributed by atoms with Crippen LogP contribution in [0, 0.1) is 19.8 Å². The summed E-state index contributed by atoms with van der Waals surface area (Å²) in [4.78, 5) is 0. The van der Waals surface area contributed by atoms with E-state index < -0.39 is 0 Å². The fourth-order valence-electron chi connectivity index (χ4n) is 2.07. The van der Waals surface area contributed by atoms with Crippen molar-refractivity contribution in [2.45, 2.75) is 33.6 Å². The van der Waals surface area contributed by atoms with Crippen LogP contribution in [0.3, 0.4) is 0 Å². The van der Waals surface area contributed by atoms with Gasteiger partial charge in [0.2, 0.25) is 0 Å². The Bertz CT molecular complexity index is 373. The fraction of sp³-hybridized carbons (Fsp3) is 0.600. The summed E-state index contributed by atoms with van der Waals surface area (Å²) in [7, 11) is 0. The highest BCUT2D eigenvalue weighted by atomic mass is 16.5. The number of aliphatic hydroxyl groups is 1. The number of hydrogen-bond acceptors (Lipinski definition) is 3. The Balaban J connectivity index is 2.75. The lowest BCUT2D eigenvalue weighted by molar-refractivity contribution is 0.223. The highest BCUT2D eigenvalue weighted by Crippen LogP contribution is 2.24. The van der Waals surface area contributed by atoms with Crippen molar-refractivity contribution in [3.8, 4) is 5.75 Å². The largest absolute Gasteiger partial charge is 0.494 e. The highest BCUT2D eigenvalue weighted by molar-refractivity contribution is 5.41. The molecule has 0 saturated carbocycles. The monoisotopic (exact) mass is 251 g/mol. The van der Waals surface area contributed by atoms with Crippen molar-refractivity contribution in [3.63, 3.8) is 0 Å². The van der Waals surface area contributed by atoms with Gasteiger partial charge < -0.3 is 15.6 Å². The number of aliphatic hydroxyl groups excluding tert-OH is 1. The van der Waals surface area contributed by atoms with Crippen LogP contribution in [-0.4, -0.2) is 24.9 Å². The molecule has 0 saturated heterocycles. The van der Waals surface area contributed by atoms with E-state index in [0.29, 0.717) is 13.2 Å². The molecule has 3 N–H and O–H groups in total. The summed E-state index contributed by atoms with van der Waals surface area (Å²) < 4.78 is 5.58. The molecule has 1 aromatic rings. The van der Waals surface area contributed by atoms with Crippen molar-refractivity contribution in [2.75, 3.05) is 19.8 Å². The molecule has 0 aliphatic heterocycles. The number of hydrogen-bond donors (Lipinski definition) is 2. The first-order valence-corrected chi connectivity index (χ1v) is 6.66. The van der Waals surface area contributed by atoms with Crippen LogP contribution in [-0.2, 0) is 6.42 Å². The minimum absolute atomic E-state index is 0.172. The van der Waals surface area contributed by atoms with Crippen LogP contribution in [0.4, 0.5) is 0 Å². The predicted octanol–water partition coefficient (Wildman–Crippen LogP) is 2.20. The van der Waals surface area contributed by atoms with E-state index in [-0.39, 0.29) is 12.5 Å². The predicted molar refractivity (Wildman–Crippen MR) is 75.0 cm³/mol. The molecule has 0 radical (unpaired) electrons. The van der Waals surface area contributed by atoms with Crippen molar-refractivity contribution in [1.29, 1.82) is 0 Å². The number of nitrogens with two attached hydrogens (primary N) is 1. The molecule has 0 fully saturated rings. The van der Waals surface area contributed by atoms with Gasteiger partial charge in [-0.3, -0.25) is 0 Å². The molecule has 0 bridgehead atoms. The van der Waals surface area contributed by atoms with Crippen molar-refractivity contribution in [1.82, 2.24) is 0 Å². The molecule has 0 heterocycles. The van der Waals surface area contributed by atoms with Crippen molar-refractivity contribution < 1.29 is 9.84 Å². The molecule has 1 rings (SSSR count). The summed E-state index contributed by atoms with van der Waals surface area (Å²) in [5.41, 5.74) is 9.34. The average molecular weight is 251 g/mol. The summed E-state index contributed by atoms with van der Waals surface area (Å²) >= 11 is 0. The van der Waals surface area contributed by atoms with Gasteiger partial charge in [-0.05, 0) is 68.8 Å². The Kier molecular flexibility index (Phi) is 6.16. The van der Waals surface area contributed by atoms with Gasteiger partial charge in [0.1, 0.15) is 5.75 Å². The van der Waals surface area contributed by atoms with Gasteiger partial charge in [-0.1, -0.05) is 6.07 Å². The lowest BCUT2D eigenvalue weighted by atomic mass is 9.96. The molecule has 0 spiro atoms. The summed E-state index contributed by atoms with van der Waals surface area (Å²) in [6.45, 7) is 7.58. The van der Waals surface area contributed by atoms with Crippen molar-refractivity contribution >= 4 is 0 Å². The maximum atomic E-state index is 9.14. The van der Waals surface area contributed by atoms with Crippen LogP contribution in [0.2, 0.25) is 0 Å². The zero-order chi connectivity index (χ0) is 13.5. The first kappa shape index (κ1) is 15.0. The smallest absolute Gasteiger partial charge is 0.122 e. The Morgan fingerprint density at radius 3 is 2.56 bits per heavy atom. The summed E-state index contributed by atoms with van der Waals surface area (Å²) in [5.74, 6) is 1.17. The Morgan fingerprint density at radius 2 is 2.00 bits per heavy atom. The molecule has 18 heavy (non-hydrogen) atoms. The Morgan fingerprint density at radius 1 is 1.28 bits per heavy atom. The molecule has 3 heteroatoms. The van der Waals surface area contributed by atoms with Gasteiger partial charge in [0.05, 0.1) is 6.61 Å². The van der Waals surface area contributed by atoms with Gasteiger partial charge in [-0.15, -0.1) is 0 Å². The van der Waals surface area contributed by atoms with E-state index >= 15 is 0 Å². The van der Waals surface area contributed by atoms with Gasteiger partial charge in [-0.2, -0.15) is 0 Å². The molecule has 1 unspecified atom stereocenters. The van der Waals surface area contributed by atoms with Crippen LogP contribution in [0.1, 0.15) is 30.0 Å². The van der Waals surface area contributed by atoms with E-state index in [9.17, 15) is 0 Å². The van der Waals surface area contributed by atoms with E-state index in [1.54, 1.807) is 0 Å². The van der Waals surface area contributed by atoms with E-state index in [2.05, 4.69) is 26.0 Å². The number of ether oxygens (including phenoxy) is 1. The second-order valence-corrected chi connectivity index (χ2v) is 4.80.